The van der Waals surface area contributed by atoms with Crippen LogP contribution in [0.25, 0.3) is 0 Å². The molecule has 3 aliphatic rings. The molecule has 0 spiro atoms. The van der Waals surface area contributed by atoms with Gasteiger partial charge in [-0.25, -0.2) is 4.98 Å². The zero-order valence-electron chi connectivity index (χ0n) is 14.7. The molecule has 1 amide bonds. The average molecular weight is 353 g/mol. The summed E-state index contributed by atoms with van der Waals surface area (Å²) in [6.07, 6.45) is 7.72. The lowest BCUT2D eigenvalue weighted by molar-refractivity contribution is -0.136. The van der Waals surface area contributed by atoms with Crippen molar-refractivity contribution in [3.05, 3.63) is 42.0 Å². The van der Waals surface area contributed by atoms with E-state index in [-0.39, 0.29) is 23.8 Å². The van der Waals surface area contributed by atoms with Crippen molar-refractivity contribution in [1.82, 2.24) is 14.9 Å². The molecule has 2 aromatic rings. The first-order valence-electron chi connectivity index (χ1n) is 9.50. The highest BCUT2D eigenvalue weighted by atomic mass is 16.6. The zero-order chi connectivity index (χ0) is 17.5. The van der Waals surface area contributed by atoms with Gasteiger partial charge in [0.15, 0.2) is 11.5 Å². The van der Waals surface area contributed by atoms with E-state index in [1.54, 1.807) is 6.20 Å². The van der Waals surface area contributed by atoms with Gasteiger partial charge in [-0.3, -0.25) is 4.79 Å². The van der Waals surface area contributed by atoms with Gasteiger partial charge >= 0.3 is 0 Å². The number of imidazole rings is 1. The van der Waals surface area contributed by atoms with E-state index >= 15 is 0 Å². The molecule has 1 saturated carbocycles. The predicted octanol–water partition coefficient (Wildman–Crippen LogP) is 3.04. The summed E-state index contributed by atoms with van der Waals surface area (Å²) in [7, 11) is 0. The van der Waals surface area contributed by atoms with E-state index in [9.17, 15) is 4.79 Å². The molecule has 0 bridgehead atoms. The van der Waals surface area contributed by atoms with Crippen molar-refractivity contribution in [1.29, 1.82) is 0 Å². The van der Waals surface area contributed by atoms with Gasteiger partial charge in [-0.05, 0) is 49.3 Å². The molecular formula is C20H23N3O3. The number of nitrogens with one attached hydrogen (secondary N) is 1. The van der Waals surface area contributed by atoms with Gasteiger partial charge < -0.3 is 19.4 Å². The quantitative estimate of drug-likeness (QED) is 0.921. The number of aromatic nitrogens is 2. The van der Waals surface area contributed by atoms with Gasteiger partial charge in [0.1, 0.15) is 19.0 Å². The summed E-state index contributed by atoms with van der Waals surface area (Å²) in [5.74, 6) is 3.15. The Morgan fingerprint density at radius 2 is 2.08 bits per heavy atom. The number of benzene rings is 1. The maximum atomic E-state index is 13.2. The highest BCUT2D eigenvalue weighted by Gasteiger charge is 2.47. The number of piperidine rings is 1. The Morgan fingerprint density at radius 3 is 2.92 bits per heavy atom. The van der Waals surface area contributed by atoms with Gasteiger partial charge in [-0.15, -0.1) is 0 Å². The Kier molecular flexibility index (Phi) is 3.84. The molecule has 2 aliphatic heterocycles. The first-order chi connectivity index (χ1) is 12.8. The molecule has 3 unspecified atom stereocenters. The summed E-state index contributed by atoms with van der Waals surface area (Å²) in [5, 5.41) is 0. The highest BCUT2D eigenvalue weighted by molar-refractivity contribution is 5.83. The summed E-state index contributed by atoms with van der Waals surface area (Å²) in [5.41, 5.74) is 1.18. The number of fused-ring (bicyclic) bond motifs is 1. The molecule has 1 aliphatic carbocycles. The summed E-state index contributed by atoms with van der Waals surface area (Å²) in [6.45, 7) is 2.01. The molecule has 1 aromatic carbocycles. The number of hydrogen-bond acceptors (Lipinski definition) is 4. The first kappa shape index (κ1) is 15.7. The molecular weight excluding hydrogens is 330 g/mol. The van der Waals surface area contributed by atoms with E-state index in [0.717, 1.165) is 49.6 Å². The molecule has 3 heterocycles. The molecule has 1 aromatic heterocycles. The molecule has 2 fully saturated rings. The standard InChI is InChI=1S/C20H23N3O3/c24-20(23-8-2-1-3-16(23)19-21-6-7-22-19)15-12-14(15)13-4-5-17-18(11-13)26-10-9-25-17/h4-7,11,14-16H,1-3,8-10,12H2,(H,21,22). The SMILES string of the molecule is O=C(C1CC1c1ccc2c(c1)OCCO2)N1CCCCC1c1ncc[nH]1. The Labute approximate surface area is 152 Å². The highest BCUT2D eigenvalue weighted by Crippen LogP contribution is 2.51. The summed E-state index contributed by atoms with van der Waals surface area (Å²) in [4.78, 5) is 22.8. The van der Waals surface area contributed by atoms with Crippen LogP contribution in [0.15, 0.2) is 30.6 Å². The van der Waals surface area contributed by atoms with Crippen molar-refractivity contribution in [3.8, 4) is 11.5 Å². The fourth-order valence-electron chi connectivity index (χ4n) is 4.28. The third-order valence-electron chi connectivity index (χ3n) is 5.72. The molecule has 6 nitrogen and oxygen atoms in total. The maximum absolute atomic E-state index is 13.2. The fraction of sp³-hybridized carbons (Fsp3) is 0.500. The number of hydrogen-bond donors (Lipinski definition) is 1. The van der Waals surface area contributed by atoms with Crippen LogP contribution in [0.3, 0.4) is 0 Å². The lowest BCUT2D eigenvalue weighted by Gasteiger charge is -2.35. The molecule has 0 radical (unpaired) electrons. The number of amides is 1. The van der Waals surface area contributed by atoms with Crippen molar-refractivity contribution in [2.75, 3.05) is 19.8 Å². The van der Waals surface area contributed by atoms with Crippen molar-refractivity contribution in [2.45, 2.75) is 37.6 Å². The minimum atomic E-state index is 0.0770. The van der Waals surface area contributed by atoms with E-state index in [1.165, 1.54) is 5.56 Å². The number of carbonyl (C=O) groups is 1. The van der Waals surface area contributed by atoms with E-state index in [4.69, 9.17) is 9.47 Å². The number of nitrogens with zero attached hydrogens (tertiary/aromatic N) is 2. The average Bonchev–Trinajstić information content (AvgIpc) is 3.31. The number of aromatic amines is 1. The molecule has 1 saturated heterocycles. The molecule has 6 heteroatoms. The Morgan fingerprint density at radius 1 is 1.19 bits per heavy atom. The monoisotopic (exact) mass is 353 g/mol. The van der Waals surface area contributed by atoms with Crippen LogP contribution < -0.4 is 9.47 Å². The Balaban J connectivity index is 1.32. The number of carbonyl (C=O) groups excluding carboxylic acids is 1. The van der Waals surface area contributed by atoms with Crippen LogP contribution in [-0.2, 0) is 4.79 Å². The summed E-state index contributed by atoms with van der Waals surface area (Å²) in [6, 6.07) is 6.18. The van der Waals surface area contributed by atoms with Crippen molar-refractivity contribution in [3.63, 3.8) is 0 Å². The van der Waals surface area contributed by atoms with Gasteiger partial charge in [0.05, 0.1) is 6.04 Å². The lowest BCUT2D eigenvalue weighted by Crippen LogP contribution is -2.40. The molecule has 26 heavy (non-hydrogen) atoms. The van der Waals surface area contributed by atoms with Crippen molar-refractivity contribution in [2.24, 2.45) is 5.92 Å². The smallest absolute Gasteiger partial charge is 0.226 e. The van der Waals surface area contributed by atoms with Crippen LogP contribution >= 0.6 is 0 Å². The molecule has 5 rings (SSSR count). The van der Waals surface area contributed by atoms with Gasteiger partial charge in [0.2, 0.25) is 5.91 Å². The Bertz CT molecular complexity index is 805. The van der Waals surface area contributed by atoms with Crippen LogP contribution in [0.2, 0.25) is 0 Å². The van der Waals surface area contributed by atoms with Crippen LogP contribution in [0.4, 0.5) is 0 Å². The molecule has 1 N–H and O–H groups in total. The molecule has 3 atom stereocenters. The largest absolute Gasteiger partial charge is 0.486 e. The van der Waals surface area contributed by atoms with Gasteiger partial charge in [-0.1, -0.05) is 6.07 Å². The van der Waals surface area contributed by atoms with Crippen LogP contribution in [0.5, 0.6) is 11.5 Å². The number of rotatable bonds is 3. The maximum Gasteiger partial charge on any atom is 0.226 e. The minimum Gasteiger partial charge on any atom is -0.486 e. The third-order valence-corrected chi connectivity index (χ3v) is 5.72. The number of H-pyrrole nitrogens is 1. The van der Waals surface area contributed by atoms with Gasteiger partial charge in [-0.2, -0.15) is 0 Å². The van der Waals surface area contributed by atoms with Crippen LogP contribution in [0, 0.1) is 5.92 Å². The summed E-state index contributed by atoms with van der Waals surface area (Å²) >= 11 is 0. The lowest BCUT2D eigenvalue weighted by atomic mass is 10.00. The van der Waals surface area contributed by atoms with Gasteiger partial charge in [0.25, 0.3) is 0 Å². The van der Waals surface area contributed by atoms with Crippen molar-refractivity contribution >= 4 is 5.91 Å². The van der Waals surface area contributed by atoms with Crippen molar-refractivity contribution < 1.29 is 14.3 Å². The Hall–Kier alpha value is -2.50. The fourth-order valence-corrected chi connectivity index (χ4v) is 4.28. The second-order valence-corrected chi connectivity index (χ2v) is 7.37. The van der Waals surface area contributed by atoms with Crippen LogP contribution in [0.1, 0.15) is 49.0 Å². The van der Waals surface area contributed by atoms with Gasteiger partial charge in [0, 0.05) is 24.9 Å². The predicted molar refractivity (Wildman–Crippen MR) is 95.2 cm³/mol. The normalized spacial score (nSPS) is 27.2. The third kappa shape index (κ3) is 2.73. The summed E-state index contributed by atoms with van der Waals surface area (Å²) < 4.78 is 11.3. The molecule has 136 valence electrons. The van der Waals surface area contributed by atoms with E-state index in [1.807, 2.05) is 23.2 Å². The topological polar surface area (TPSA) is 67.5 Å². The van der Waals surface area contributed by atoms with Crippen LogP contribution in [-0.4, -0.2) is 40.5 Å². The second kappa shape index (κ2) is 6.34. The zero-order valence-corrected chi connectivity index (χ0v) is 14.7. The number of ether oxygens (including phenoxy) is 2. The number of likely N-dealkylation sites (tertiary alicyclic amines) is 1. The van der Waals surface area contributed by atoms with E-state index < -0.39 is 0 Å². The minimum absolute atomic E-state index is 0.0770. The van der Waals surface area contributed by atoms with E-state index in [0.29, 0.717) is 13.2 Å². The first-order valence-corrected chi connectivity index (χ1v) is 9.50. The second-order valence-electron chi connectivity index (χ2n) is 7.37. The van der Waals surface area contributed by atoms with E-state index in [2.05, 4.69) is 16.0 Å².